The summed E-state index contributed by atoms with van der Waals surface area (Å²) in [5, 5.41) is 8.09. The number of nitrogens with zero attached hydrogens (tertiary/aromatic N) is 3. The molecule has 0 bridgehead atoms. The van der Waals surface area contributed by atoms with E-state index in [-0.39, 0.29) is 6.61 Å². The first kappa shape index (κ1) is 13.4. The predicted molar refractivity (Wildman–Crippen MR) is 68.7 cm³/mol. The van der Waals surface area contributed by atoms with Crippen LogP contribution in [0.4, 0.5) is 0 Å². The number of benzene rings is 1. The molecule has 0 fully saturated rings. The molecule has 19 heavy (non-hydrogen) atoms. The molecule has 0 amide bonds. The number of methoxy groups -OCH3 is 1. The van der Waals surface area contributed by atoms with Crippen LogP contribution in [0.25, 0.3) is 0 Å². The maximum Gasteiger partial charge on any atom is 0.172 e. The average Bonchev–Trinajstić information content (AvgIpc) is 2.81. The Morgan fingerprint density at radius 2 is 2.26 bits per heavy atom. The number of hydrogen-bond donors (Lipinski definition) is 0. The topological polar surface area (TPSA) is 66.2 Å². The highest BCUT2D eigenvalue weighted by molar-refractivity contribution is 6.31. The van der Waals surface area contributed by atoms with Crippen molar-refractivity contribution >= 4 is 17.9 Å². The summed E-state index contributed by atoms with van der Waals surface area (Å²) < 4.78 is 12.3. The van der Waals surface area contributed by atoms with Crippen molar-refractivity contribution in [2.75, 3.05) is 7.11 Å². The first-order chi connectivity index (χ1) is 9.13. The zero-order valence-electron chi connectivity index (χ0n) is 10.5. The summed E-state index contributed by atoms with van der Waals surface area (Å²) in [6.07, 6.45) is 2.39. The number of hydrogen-bond acceptors (Lipinski definition) is 5. The summed E-state index contributed by atoms with van der Waals surface area (Å²) in [7, 11) is 3.24. The number of carbonyl (C=O) groups is 1. The number of aromatic nitrogens is 3. The Hall–Kier alpha value is -2.08. The van der Waals surface area contributed by atoms with Gasteiger partial charge in [0.1, 0.15) is 12.3 Å². The summed E-state index contributed by atoms with van der Waals surface area (Å²) in [6, 6.07) is 3.10. The molecule has 0 spiro atoms. The lowest BCUT2D eigenvalue weighted by Crippen LogP contribution is -2.01. The van der Waals surface area contributed by atoms with E-state index in [1.165, 1.54) is 13.2 Å². The molecule has 0 aliphatic heterocycles. The molecular weight excluding hydrogens is 270 g/mol. The highest BCUT2D eigenvalue weighted by Crippen LogP contribution is 2.34. The molecule has 0 aliphatic carbocycles. The molecular formula is C12H12ClN3O3. The number of carbonyl (C=O) groups excluding carboxylic acids is 1. The number of rotatable bonds is 5. The quantitative estimate of drug-likeness (QED) is 0.783. The van der Waals surface area contributed by atoms with Crippen LogP contribution in [0.3, 0.4) is 0 Å². The van der Waals surface area contributed by atoms with Crippen molar-refractivity contribution in [3.8, 4) is 11.5 Å². The minimum Gasteiger partial charge on any atom is -0.493 e. The Morgan fingerprint density at radius 1 is 1.47 bits per heavy atom. The van der Waals surface area contributed by atoms with E-state index in [4.69, 9.17) is 21.1 Å². The second kappa shape index (κ2) is 5.71. The summed E-state index contributed by atoms with van der Waals surface area (Å²) in [4.78, 5) is 11.0. The van der Waals surface area contributed by atoms with Crippen LogP contribution < -0.4 is 9.47 Å². The zero-order chi connectivity index (χ0) is 13.8. The molecule has 2 aromatic rings. The van der Waals surface area contributed by atoms with Crippen LogP contribution in [0.5, 0.6) is 11.5 Å². The molecule has 6 nitrogen and oxygen atoms in total. The Balaban J connectivity index is 2.25. The van der Waals surface area contributed by atoms with E-state index in [0.717, 1.165) is 0 Å². The minimum absolute atomic E-state index is 0.187. The largest absolute Gasteiger partial charge is 0.493 e. The molecule has 0 saturated heterocycles. The van der Waals surface area contributed by atoms with Crippen LogP contribution in [0, 0.1) is 0 Å². The van der Waals surface area contributed by atoms with Crippen molar-refractivity contribution in [1.82, 2.24) is 15.0 Å². The number of halogens is 1. The van der Waals surface area contributed by atoms with Crippen LogP contribution in [0.2, 0.25) is 5.02 Å². The Kier molecular flexibility index (Phi) is 4.01. The van der Waals surface area contributed by atoms with E-state index in [2.05, 4.69) is 10.3 Å². The van der Waals surface area contributed by atoms with Gasteiger partial charge < -0.3 is 9.47 Å². The Morgan fingerprint density at radius 3 is 2.84 bits per heavy atom. The molecule has 1 aromatic carbocycles. The van der Waals surface area contributed by atoms with Gasteiger partial charge in [-0.25, -0.2) is 0 Å². The van der Waals surface area contributed by atoms with Crippen molar-refractivity contribution < 1.29 is 14.3 Å². The smallest absolute Gasteiger partial charge is 0.172 e. The van der Waals surface area contributed by atoms with E-state index < -0.39 is 0 Å². The normalized spacial score (nSPS) is 10.3. The van der Waals surface area contributed by atoms with E-state index in [1.54, 1.807) is 24.0 Å². The monoisotopic (exact) mass is 281 g/mol. The third-order valence-electron chi connectivity index (χ3n) is 2.41. The van der Waals surface area contributed by atoms with Gasteiger partial charge in [-0.3, -0.25) is 9.48 Å². The zero-order valence-corrected chi connectivity index (χ0v) is 11.2. The molecule has 2 rings (SSSR count). The van der Waals surface area contributed by atoms with Gasteiger partial charge in [-0.2, -0.15) is 0 Å². The Bertz CT molecular complexity index is 598. The molecule has 0 unspecified atom stereocenters. The van der Waals surface area contributed by atoms with E-state index in [9.17, 15) is 4.79 Å². The summed E-state index contributed by atoms with van der Waals surface area (Å²) in [6.45, 7) is 0.187. The molecule has 100 valence electrons. The lowest BCUT2D eigenvalue weighted by molar-refractivity contribution is 0.111. The molecule has 0 atom stereocenters. The maximum atomic E-state index is 11.0. The summed E-state index contributed by atoms with van der Waals surface area (Å²) >= 11 is 5.88. The van der Waals surface area contributed by atoms with Crippen molar-refractivity contribution in [3.63, 3.8) is 0 Å². The fourth-order valence-corrected chi connectivity index (χ4v) is 1.81. The molecule has 7 heteroatoms. The predicted octanol–water partition coefficient (Wildman–Crippen LogP) is 1.87. The number of aldehydes is 1. The van der Waals surface area contributed by atoms with Crippen LogP contribution in [0.15, 0.2) is 18.3 Å². The molecule has 1 aromatic heterocycles. The van der Waals surface area contributed by atoms with Gasteiger partial charge in [0.2, 0.25) is 0 Å². The van der Waals surface area contributed by atoms with Crippen LogP contribution >= 0.6 is 11.6 Å². The van der Waals surface area contributed by atoms with E-state index in [1.807, 2.05) is 0 Å². The lowest BCUT2D eigenvalue weighted by Gasteiger charge is -2.12. The van der Waals surface area contributed by atoms with Gasteiger partial charge in [0, 0.05) is 18.1 Å². The Labute approximate surface area is 114 Å². The third-order valence-corrected chi connectivity index (χ3v) is 2.63. The van der Waals surface area contributed by atoms with Crippen molar-refractivity contribution in [1.29, 1.82) is 0 Å². The number of ether oxygens (including phenoxy) is 2. The van der Waals surface area contributed by atoms with Crippen LogP contribution in [-0.4, -0.2) is 28.4 Å². The first-order valence-electron chi connectivity index (χ1n) is 5.44. The minimum atomic E-state index is 0.187. The van der Waals surface area contributed by atoms with Gasteiger partial charge in [0.15, 0.2) is 17.8 Å². The fourth-order valence-electron chi connectivity index (χ4n) is 1.59. The molecule has 0 aliphatic rings. The highest BCUT2D eigenvalue weighted by Gasteiger charge is 2.13. The first-order valence-corrected chi connectivity index (χ1v) is 5.82. The van der Waals surface area contributed by atoms with Gasteiger partial charge in [-0.05, 0) is 6.07 Å². The van der Waals surface area contributed by atoms with Crippen molar-refractivity contribution in [3.05, 3.63) is 34.6 Å². The molecule has 0 radical (unpaired) electrons. The van der Waals surface area contributed by atoms with Gasteiger partial charge in [-0.15, -0.1) is 5.10 Å². The second-order valence-corrected chi connectivity index (χ2v) is 4.25. The molecule has 1 heterocycles. The van der Waals surface area contributed by atoms with Crippen LogP contribution in [-0.2, 0) is 13.7 Å². The van der Waals surface area contributed by atoms with Crippen LogP contribution in [0.1, 0.15) is 16.1 Å². The third kappa shape index (κ3) is 3.03. The highest BCUT2D eigenvalue weighted by atomic mass is 35.5. The van der Waals surface area contributed by atoms with Gasteiger partial charge in [-0.1, -0.05) is 16.8 Å². The van der Waals surface area contributed by atoms with Gasteiger partial charge in [0.25, 0.3) is 0 Å². The van der Waals surface area contributed by atoms with E-state index in [0.29, 0.717) is 34.1 Å². The SMILES string of the molecule is COc1cc(Cl)cc(C=O)c1OCc1cn(C)nn1. The summed E-state index contributed by atoms with van der Waals surface area (Å²) in [5.74, 6) is 0.742. The standard InChI is InChI=1S/C12H12ClN3O3/c1-16-5-10(14-15-16)7-19-12-8(6-17)3-9(13)4-11(12)18-2/h3-6H,7H2,1-2H3. The van der Waals surface area contributed by atoms with Crippen molar-refractivity contribution in [2.24, 2.45) is 7.05 Å². The van der Waals surface area contributed by atoms with Crippen molar-refractivity contribution in [2.45, 2.75) is 6.61 Å². The summed E-state index contributed by atoms with van der Waals surface area (Å²) in [5.41, 5.74) is 0.976. The lowest BCUT2D eigenvalue weighted by atomic mass is 10.2. The van der Waals surface area contributed by atoms with Gasteiger partial charge in [0.05, 0.1) is 18.9 Å². The van der Waals surface area contributed by atoms with Gasteiger partial charge >= 0.3 is 0 Å². The maximum absolute atomic E-state index is 11.0. The molecule has 0 saturated carbocycles. The number of aryl methyl sites for hydroxylation is 1. The average molecular weight is 282 g/mol. The molecule has 0 N–H and O–H groups in total. The fraction of sp³-hybridized carbons (Fsp3) is 0.250. The van der Waals surface area contributed by atoms with E-state index >= 15 is 0 Å². The second-order valence-electron chi connectivity index (χ2n) is 3.82.